The Labute approximate surface area is 224 Å². The Balaban J connectivity index is 1.35. The van der Waals surface area contributed by atoms with Crippen LogP contribution < -0.4 is 14.4 Å². The molecule has 0 aromatic heterocycles. The molecule has 1 saturated heterocycles. The zero-order chi connectivity index (χ0) is 27.2. The standard InChI is InChI=1S/C27H31N3O6S2/c1-22-9-5-6-12-26(22)30(38(34,35)24-10-3-2-4-11-24)21-27(31)28-17-20-36-23-13-15-25(16-14-23)37(32,33)29-18-7-8-19-29/h2-6,9-16H,7-8,17-21H2,1H3,(H,28,31). The van der Waals surface area contributed by atoms with Crippen LogP contribution in [0.1, 0.15) is 18.4 Å². The van der Waals surface area contributed by atoms with Gasteiger partial charge < -0.3 is 10.1 Å². The van der Waals surface area contributed by atoms with Crippen LogP contribution in [0, 0.1) is 6.92 Å². The molecule has 202 valence electrons. The predicted octanol–water partition coefficient (Wildman–Crippen LogP) is 3.17. The Hall–Kier alpha value is -3.41. The third-order valence-electron chi connectivity index (χ3n) is 6.22. The highest BCUT2D eigenvalue weighted by molar-refractivity contribution is 7.92. The molecule has 4 rings (SSSR count). The number of hydrogen-bond donors (Lipinski definition) is 1. The number of anilines is 1. The maximum Gasteiger partial charge on any atom is 0.264 e. The fourth-order valence-corrected chi connectivity index (χ4v) is 7.22. The number of rotatable bonds is 11. The highest BCUT2D eigenvalue weighted by Crippen LogP contribution is 2.26. The van der Waals surface area contributed by atoms with E-state index >= 15 is 0 Å². The minimum Gasteiger partial charge on any atom is -0.492 e. The largest absolute Gasteiger partial charge is 0.492 e. The second kappa shape index (κ2) is 12.0. The molecule has 0 unspecified atom stereocenters. The quantitative estimate of drug-likeness (QED) is 0.363. The highest BCUT2D eigenvalue weighted by atomic mass is 32.2. The molecule has 1 aliphatic heterocycles. The number of ether oxygens (including phenoxy) is 1. The lowest BCUT2D eigenvalue weighted by atomic mass is 10.2. The highest BCUT2D eigenvalue weighted by Gasteiger charge is 2.28. The zero-order valence-electron chi connectivity index (χ0n) is 21.1. The Morgan fingerprint density at radius 2 is 1.50 bits per heavy atom. The fourth-order valence-electron chi connectivity index (χ4n) is 4.19. The molecular weight excluding hydrogens is 526 g/mol. The molecule has 1 heterocycles. The molecular formula is C27H31N3O6S2. The van der Waals surface area contributed by atoms with Gasteiger partial charge in [-0.15, -0.1) is 0 Å². The van der Waals surface area contributed by atoms with Crippen molar-refractivity contribution in [1.82, 2.24) is 9.62 Å². The molecule has 9 nitrogen and oxygen atoms in total. The molecule has 38 heavy (non-hydrogen) atoms. The summed E-state index contributed by atoms with van der Waals surface area (Å²) in [7, 11) is -7.47. The Kier molecular flexibility index (Phi) is 8.70. The van der Waals surface area contributed by atoms with Crippen LogP contribution in [0.3, 0.4) is 0 Å². The minimum absolute atomic E-state index is 0.0922. The number of nitrogens with zero attached hydrogens (tertiary/aromatic N) is 2. The van der Waals surface area contributed by atoms with E-state index in [0.29, 0.717) is 24.5 Å². The van der Waals surface area contributed by atoms with Crippen LogP contribution in [0.4, 0.5) is 5.69 Å². The van der Waals surface area contributed by atoms with Crippen LogP contribution in [0.5, 0.6) is 5.75 Å². The Bertz CT molecular complexity index is 1450. The van der Waals surface area contributed by atoms with Gasteiger partial charge in [0.1, 0.15) is 18.9 Å². The van der Waals surface area contributed by atoms with Crippen molar-refractivity contribution in [3.05, 3.63) is 84.4 Å². The first-order valence-corrected chi connectivity index (χ1v) is 15.2. The van der Waals surface area contributed by atoms with Gasteiger partial charge in [-0.1, -0.05) is 36.4 Å². The first-order chi connectivity index (χ1) is 18.2. The van der Waals surface area contributed by atoms with E-state index in [1.54, 1.807) is 61.5 Å². The molecule has 0 radical (unpaired) electrons. The molecule has 1 N–H and O–H groups in total. The van der Waals surface area contributed by atoms with Gasteiger partial charge in [0.25, 0.3) is 10.0 Å². The van der Waals surface area contributed by atoms with Crippen molar-refractivity contribution in [3.8, 4) is 5.75 Å². The number of benzene rings is 3. The topological polar surface area (TPSA) is 113 Å². The molecule has 1 aliphatic rings. The summed E-state index contributed by atoms with van der Waals surface area (Å²) in [4.78, 5) is 13.1. The maximum atomic E-state index is 13.4. The maximum absolute atomic E-state index is 13.4. The fraction of sp³-hybridized carbons (Fsp3) is 0.296. The summed E-state index contributed by atoms with van der Waals surface area (Å²) >= 11 is 0. The van der Waals surface area contributed by atoms with Crippen LogP contribution in [0.2, 0.25) is 0 Å². The van der Waals surface area contributed by atoms with E-state index in [4.69, 9.17) is 4.74 Å². The van der Waals surface area contributed by atoms with Crippen LogP contribution in [-0.2, 0) is 24.8 Å². The summed E-state index contributed by atoms with van der Waals surface area (Å²) in [6, 6.07) is 21.1. The van der Waals surface area contributed by atoms with E-state index < -0.39 is 32.5 Å². The summed E-state index contributed by atoms with van der Waals surface area (Å²) in [5, 5.41) is 2.70. The number of aryl methyl sites for hydroxylation is 1. The molecule has 3 aromatic carbocycles. The van der Waals surface area contributed by atoms with Gasteiger partial charge in [-0.2, -0.15) is 4.31 Å². The van der Waals surface area contributed by atoms with Crippen molar-refractivity contribution in [2.45, 2.75) is 29.6 Å². The van der Waals surface area contributed by atoms with Crippen molar-refractivity contribution in [3.63, 3.8) is 0 Å². The van der Waals surface area contributed by atoms with Gasteiger partial charge in [-0.05, 0) is 67.8 Å². The van der Waals surface area contributed by atoms with E-state index in [2.05, 4.69) is 5.32 Å². The Morgan fingerprint density at radius 1 is 0.868 bits per heavy atom. The normalized spacial score (nSPS) is 14.2. The number of nitrogens with one attached hydrogen (secondary N) is 1. The Morgan fingerprint density at radius 3 is 2.16 bits per heavy atom. The molecule has 0 saturated carbocycles. The number of amides is 1. The van der Waals surface area contributed by atoms with Gasteiger partial charge in [0.15, 0.2) is 0 Å². The van der Waals surface area contributed by atoms with Crippen LogP contribution in [0.15, 0.2) is 88.7 Å². The average molecular weight is 558 g/mol. The van der Waals surface area contributed by atoms with E-state index in [-0.39, 0.29) is 22.9 Å². The van der Waals surface area contributed by atoms with Crippen molar-refractivity contribution in [2.24, 2.45) is 0 Å². The average Bonchev–Trinajstić information content (AvgIpc) is 3.47. The first-order valence-electron chi connectivity index (χ1n) is 12.3. The number of hydrogen-bond acceptors (Lipinski definition) is 6. The first kappa shape index (κ1) is 27.6. The SMILES string of the molecule is Cc1ccccc1N(CC(=O)NCCOc1ccc(S(=O)(=O)N2CCCC2)cc1)S(=O)(=O)c1ccccc1. The summed E-state index contributed by atoms with van der Waals surface area (Å²) in [6.45, 7) is 2.73. The lowest BCUT2D eigenvalue weighted by molar-refractivity contribution is -0.119. The molecule has 11 heteroatoms. The number of sulfonamides is 2. The molecule has 1 fully saturated rings. The molecule has 0 bridgehead atoms. The van der Waals surface area contributed by atoms with E-state index in [0.717, 1.165) is 22.7 Å². The summed E-state index contributed by atoms with van der Waals surface area (Å²) < 4.78 is 60.3. The van der Waals surface area contributed by atoms with Crippen molar-refractivity contribution in [2.75, 3.05) is 37.1 Å². The third-order valence-corrected chi connectivity index (χ3v) is 9.91. The van der Waals surface area contributed by atoms with Gasteiger partial charge in [0, 0.05) is 13.1 Å². The lowest BCUT2D eigenvalue weighted by Crippen LogP contribution is -2.42. The summed E-state index contributed by atoms with van der Waals surface area (Å²) in [5.41, 5.74) is 1.14. The second-order valence-electron chi connectivity index (χ2n) is 8.89. The zero-order valence-corrected chi connectivity index (χ0v) is 22.7. The predicted molar refractivity (Wildman–Crippen MR) is 145 cm³/mol. The van der Waals surface area contributed by atoms with E-state index in [1.807, 2.05) is 0 Å². The lowest BCUT2D eigenvalue weighted by Gasteiger charge is -2.25. The van der Waals surface area contributed by atoms with Gasteiger partial charge in [-0.25, -0.2) is 16.8 Å². The molecule has 0 atom stereocenters. The van der Waals surface area contributed by atoms with Gasteiger partial charge in [0.05, 0.1) is 22.0 Å². The molecule has 0 aliphatic carbocycles. The third kappa shape index (κ3) is 6.35. The number of carbonyl (C=O) groups excluding carboxylic acids is 1. The van der Waals surface area contributed by atoms with Gasteiger partial charge in [0.2, 0.25) is 15.9 Å². The number of carbonyl (C=O) groups is 1. The molecule has 3 aromatic rings. The van der Waals surface area contributed by atoms with E-state index in [9.17, 15) is 21.6 Å². The van der Waals surface area contributed by atoms with Crippen molar-refractivity contribution < 1.29 is 26.4 Å². The van der Waals surface area contributed by atoms with E-state index in [1.165, 1.54) is 28.6 Å². The monoisotopic (exact) mass is 557 g/mol. The van der Waals surface area contributed by atoms with Gasteiger partial charge >= 0.3 is 0 Å². The molecule has 0 spiro atoms. The molecule has 1 amide bonds. The van der Waals surface area contributed by atoms with Crippen LogP contribution >= 0.6 is 0 Å². The second-order valence-corrected chi connectivity index (χ2v) is 12.7. The van der Waals surface area contributed by atoms with Crippen molar-refractivity contribution >= 4 is 31.6 Å². The smallest absolute Gasteiger partial charge is 0.264 e. The minimum atomic E-state index is -3.98. The summed E-state index contributed by atoms with van der Waals surface area (Å²) in [6.07, 6.45) is 1.74. The summed E-state index contributed by atoms with van der Waals surface area (Å²) in [5.74, 6) is -0.0174. The van der Waals surface area contributed by atoms with Gasteiger partial charge in [-0.3, -0.25) is 9.10 Å². The van der Waals surface area contributed by atoms with Crippen molar-refractivity contribution in [1.29, 1.82) is 0 Å². The van der Waals surface area contributed by atoms with Crippen LogP contribution in [0.25, 0.3) is 0 Å². The van der Waals surface area contributed by atoms with Crippen LogP contribution in [-0.4, -0.2) is 59.8 Å². The number of para-hydroxylation sites is 1.